The molecule has 1 aliphatic rings. The highest BCUT2D eigenvalue weighted by Gasteiger charge is 2.37. The highest BCUT2D eigenvalue weighted by Crippen LogP contribution is 2.32. The zero-order valence-corrected chi connectivity index (χ0v) is 11.2. The molecular weight excluding hydrogens is 275 g/mol. The molecule has 0 aliphatic heterocycles. The van der Waals surface area contributed by atoms with E-state index in [0.717, 1.165) is 18.6 Å². The van der Waals surface area contributed by atoms with Crippen molar-refractivity contribution in [3.8, 4) is 0 Å². The summed E-state index contributed by atoms with van der Waals surface area (Å²) in [7, 11) is -3.85. The van der Waals surface area contributed by atoms with Crippen LogP contribution in [0.2, 0.25) is 0 Å². The third-order valence-electron chi connectivity index (χ3n) is 3.13. The first-order chi connectivity index (χ1) is 8.72. The Kier molecular flexibility index (Phi) is 3.31. The maximum atomic E-state index is 13.5. The second-order valence-corrected chi connectivity index (χ2v) is 6.49. The van der Waals surface area contributed by atoms with Gasteiger partial charge in [0.05, 0.1) is 9.82 Å². The number of nitro benzene ring substituents is 1. The maximum absolute atomic E-state index is 13.5. The van der Waals surface area contributed by atoms with Crippen LogP contribution >= 0.6 is 0 Å². The van der Waals surface area contributed by atoms with Crippen molar-refractivity contribution in [3.05, 3.63) is 33.6 Å². The van der Waals surface area contributed by atoms with Gasteiger partial charge in [0.25, 0.3) is 0 Å². The van der Waals surface area contributed by atoms with Gasteiger partial charge < -0.3 is 0 Å². The van der Waals surface area contributed by atoms with Crippen molar-refractivity contribution in [2.75, 3.05) is 0 Å². The van der Waals surface area contributed by atoms with E-state index < -0.39 is 26.5 Å². The van der Waals surface area contributed by atoms with Crippen LogP contribution in [0.4, 0.5) is 10.1 Å². The fourth-order valence-electron chi connectivity index (χ4n) is 1.76. The molecule has 1 N–H and O–H groups in total. The van der Waals surface area contributed by atoms with E-state index >= 15 is 0 Å². The summed E-state index contributed by atoms with van der Waals surface area (Å²) in [5.74, 6) is -0.755. The lowest BCUT2D eigenvalue weighted by molar-refractivity contribution is -0.387. The minimum Gasteiger partial charge on any atom is -0.258 e. The van der Waals surface area contributed by atoms with E-state index in [-0.39, 0.29) is 22.4 Å². The van der Waals surface area contributed by atoms with Crippen LogP contribution < -0.4 is 4.72 Å². The zero-order chi connectivity index (χ0) is 14.4. The predicted molar refractivity (Wildman–Crippen MR) is 65.7 cm³/mol. The fourth-order valence-corrected chi connectivity index (χ4v) is 3.22. The second kappa shape index (κ2) is 4.53. The lowest BCUT2D eigenvalue weighted by Crippen LogP contribution is -2.27. The van der Waals surface area contributed by atoms with Crippen molar-refractivity contribution in [1.29, 1.82) is 0 Å². The summed E-state index contributed by atoms with van der Waals surface area (Å²) in [6.07, 6.45) is 0.738. The number of halogens is 1. The third-order valence-corrected chi connectivity index (χ3v) is 4.60. The number of nitrogens with one attached hydrogen (secondary N) is 1. The van der Waals surface area contributed by atoms with Crippen molar-refractivity contribution in [3.63, 3.8) is 0 Å². The number of aryl methyl sites for hydroxylation is 1. The summed E-state index contributed by atoms with van der Waals surface area (Å²) >= 11 is 0. The van der Waals surface area contributed by atoms with E-state index in [9.17, 15) is 22.9 Å². The molecule has 0 spiro atoms. The lowest BCUT2D eigenvalue weighted by Gasteiger charge is -2.07. The summed E-state index contributed by atoms with van der Waals surface area (Å²) in [5, 5.41) is 10.7. The number of hydrogen-bond donors (Lipinski definition) is 1. The molecule has 0 aromatic heterocycles. The normalized spacial score (nSPS) is 22.3. The Morgan fingerprint density at radius 1 is 1.47 bits per heavy atom. The molecule has 19 heavy (non-hydrogen) atoms. The summed E-state index contributed by atoms with van der Waals surface area (Å²) in [4.78, 5) is 9.48. The largest absolute Gasteiger partial charge is 0.306 e. The molecule has 0 saturated heterocycles. The first-order valence-electron chi connectivity index (χ1n) is 5.69. The van der Waals surface area contributed by atoms with Gasteiger partial charge in [-0.2, -0.15) is 4.39 Å². The average Bonchev–Trinajstić information content (AvgIpc) is 2.96. The lowest BCUT2D eigenvalue weighted by atomic mass is 10.2. The monoisotopic (exact) mass is 288 g/mol. The van der Waals surface area contributed by atoms with E-state index in [1.54, 1.807) is 0 Å². The van der Waals surface area contributed by atoms with E-state index in [2.05, 4.69) is 4.72 Å². The molecule has 104 valence electrons. The van der Waals surface area contributed by atoms with Gasteiger partial charge in [0.15, 0.2) is 0 Å². The van der Waals surface area contributed by atoms with Crippen LogP contribution in [0.5, 0.6) is 0 Å². The first kappa shape index (κ1) is 13.9. The third kappa shape index (κ3) is 2.74. The Balaban J connectivity index is 2.42. The maximum Gasteiger partial charge on any atom is 0.306 e. The highest BCUT2D eigenvalue weighted by molar-refractivity contribution is 7.89. The number of nitro groups is 1. The second-order valence-electron chi connectivity index (χ2n) is 4.77. The summed E-state index contributed by atoms with van der Waals surface area (Å²) in [5.41, 5.74) is -0.900. The Hall–Kier alpha value is -1.54. The number of hydrogen-bond acceptors (Lipinski definition) is 4. The van der Waals surface area contributed by atoms with E-state index in [1.165, 1.54) is 6.92 Å². The number of benzene rings is 1. The molecule has 8 heteroatoms. The zero-order valence-electron chi connectivity index (χ0n) is 10.4. The fraction of sp³-hybridized carbons (Fsp3) is 0.455. The van der Waals surface area contributed by atoms with Crippen molar-refractivity contribution in [2.24, 2.45) is 5.92 Å². The predicted octanol–water partition coefficient (Wildman–Crippen LogP) is 1.73. The molecule has 1 saturated carbocycles. The standard InChI is InChI=1S/C11H13FN2O4S/c1-6-4-9(6)13-19(17,18)8-3-7(2)11(12)10(5-8)14(15)16/h3,5-6,9,13H,4H2,1-2H3. The van der Waals surface area contributed by atoms with Crippen LogP contribution in [0.3, 0.4) is 0 Å². The smallest absolute Gasteiger partial charge is 0.258 e. The van der Waals surface area contributed by atoms with Crippen LogP contribution in [0, 0.1) is 28.8 Å². The van der Waals surface area contributed by atoms with Gasteiger partial charge in [-0.3, -0.25) is 10.1 Å². The average molecular weight is 288 g/mol. The van der Waals surface area contributed by atoms with Crippen LogP contribution in [-0.2, 0) is 10.0 Å². The molecule has 0 heterocycles. The molecule has 0 radical (unpaired) electrons. The molecule has 0 bridgehead atoms. The van der Waals surface area contributed by atoms with Crippen LogP contribution in [0.25, 0.3) is 0 Å². The molecule has 1 aromatic rings. The highest BCUT2D eigenvalue weighted by atomic mass is 32.2. The number of rotatable bonds is 4. The van der Waals surface area contributed by atoms with Crippen LogP contribution in [0.1, 0.15) is 18.9 Å². The van der Waals surface area contributed by atoms with Gasteiger partial charge in [-0.05, 0) is 30.9 Å². The Morgan fingerprint density at radius 3 is 2.53 bits per heavy atom. The van der Waals surface area contributed by atoms with Crippen LogP contribution in [0.15, 0.2) is 17.0 Å². The van der Waals surface area contributed by atoms with Gasteiger partial charge in [-0.15, -0.1) is 0 Å². The molecule has 2 unspecified atom stereocenters. The van der Waals surface area contributed by atoms with E-state index in [1.807, 2.05) is 6.92 Å². The number of sulfonamides is 1. The van der Waals surface area contributed by atoms with Gasteiger partial charge in [-0.1, -0.05) is 6.92 Å². The van der Waals surface area contributed by atoms with Gasteiger partial charge in [0.2, 0.25) is 15.8 Å². The van der Waals surface area contributed by atoms with Crippen molar-refractivity contribution < 1.29 is 17.7 Å². The molecule has 2 rings (SSSR count). The Morgan fingerprint density at radius 2 is 2.05 bits per heavy atom. The van der Waals surface area contributed by atoms with Crippen molar-refractivity contribution in [1.82, 2.24) is 4.72 Å². The first-order valence-corrected chi connectivity index (χ1v) is 7.17. The summed E-state index contributed by atoms with van der Waals surface area (Å²) in [6, 6.07) is 1.70. The topological polar surface area (TPSA) is 89.3 Å². The number of nitrogens with zero attached hydrogens (tertiary/aromatic N) is 1. The van der Waals surface area contributed by atoms with Gasteiger partial charge in [-0.25, -0.2) is 13.1 Å². The molecule has 2 atom stereocenters. The SMILES string of the molecule is Cc1cc(S(=O)(=O)NC2CC2C)cc([N+](=O)[O-])c1F. The summed E-state index contributed by atoms with van der Waals surface area (Å²) in [6.45, 7) is 3.19. The molecule has 1 fully saturated rings. The Bertz CT molecular complexity index is 644. The van der Waals surface area contributed by atoms with Gasteiger partial charge >= 0.3 is 5.69 Å². The van der Waals surface area contributed by atoms with Gasteiger partial charge in [0.1, 0.15) is 0 Å². The van der Waals surface area contributed by atoms with Crippen LogP contribution in [-0.4, -0.2) is 19.4 Å². The minimum absolute atomic E-state index is 0.0709. The molecule has 0 amide bonds. The Labute approximate surface area is 109 Å². The molecular formula is C11H13FN2O4S. The minimum atomic E-state index is -3.85. The summed E-state index contributed by atoms with van der Waals surface area (Å²) < 4.78 is 40.0. The quantitative estimate of drug-likeness (QED) is 0.675. The van der Waals surface area contributed by atoms with Crippen molar-refractivity contribution in [2.45, 2.75) is 31.2 Å². The van der Waals surface area contributed by atoms with E-state index in [0.29, 0.717) is 0 Å². The molecule has 1 aromatic carbocycles. The molecule has 6 nitrogen and oxygen atoms in total. The van der Waals surface area contributed by atoms with E-state index in [4.69, 9.17) is 0 Å². The van der Waals surface area contributed by atoms with Gasteiger partial charge in [0, 0.05) is 12.1 Å². The van der Waals surface area contributed by atoms with Crippen molar-refractivity contribution >= 4 is 15.7 Å². The molecule has 1 aliphatic carbocycles.